The molecule has 1 saturated heterocycles. The zero-order valence-corrected chi connectivity index (χ0v) is 14.1. The van der Waals surface area contributed by atoms with Crippen LogP contribution in [0, 0.1) is 13.8 Å². The molecule has 2 heterocycles. The summed E-state index contributed by atoms with van der Waals surface area (Å²) >= 11 is 0. The van der Waals surface area contributed by atoms with Crippen LogP contribution >= 0.6 is 24.8 Å². The van der Waals surface area contributed by atoms with Crippen molar-refractivity contribution in [2.24, 2.45) is 0 Å². The molecule has 1 fully saturated rings. The van der Waals surface area contributed by atoms with Gasteiger partial charge in [0, 0.05) is 24.8 Å². The Morgan fingerprint density at radius 2 is 2.00 bits per heavy atom. The quantitative estimate of drug-likeness (QED) is 0.800. The number of aliphatic hydroxyl groups is 1. The van der Waals surface area contributed by atoms with Crippen molar-refractivity contribution in [1.82, 2.24) is 10.3 Å². The number of aromatic nitrogens is 1. The third-order valence-electron chi connectivity index (χ3n) is 3.54. The molecule has 1 aliphatic heterocycles. The van der Waals surface area contributed by atoms with Gasteiger partial charge in [-0.2, -0.15) is 0 Å². The van der Waals surface area contributed by atoms with E-state index >= 15 is 0 Å². The van der Waals surface area contributed by atoms with Crippen LogP contribution in [0.4, 0.5) is 5.82 Å². The highest BCUT2D eigenvalue weighted by Gasteiger charge is 2.34. The Bertz CT molecular complexity index is 435. The van der Waals surface area contributed by atoms with Crippen LogP contribution in [0.1, 0.15) is 31.4 Å². The average Bonchev–Trinajstić information content (AvgIpc) is 2.70. The Morgan fingerprint density at radius 1 is 1.35 bits per heavy atom. The average molecular weight is 322 g/mol. The predicted molar refractivity (Wildman–Crippen MR) is 88.3 cm³/mol. The molecule has 0 aromatic carbocycles. The van der Waals surface area contributed by atoms with Gasteiger partial charge in [0.2, 0.25) is 0 Å². The van der Waals surface area contributed by atoms with E-state index in [0.717, 1.165) is 18.8 Å². The first-order chi connectivity index (χ1) is 8.36. The van der Waals surface area contributed by atoms with Crippen molar-refractivity contribution in [1.29, 1.82) is 0 Å². The topological polar surface area (TPSA) is 57.2 Å². The maximum absolute atomic E-state index is 9.99. The summed E-state index contributed by atoms with van der Waals surface area (Å²) in [6, 6.07) is 2.60. The monoisotopic (exact) mass is 321 g/mol. The van der Waals surface area contributed by atoms with Gasteiger partial charge >= 0.3 is 0 Å². The lowest BCUT2D eigenvalue weighted by Gasteiger charge is -2.25. The van der Waals surface area contributed by atoms with E-state index in [1.54, 1.807) is 0 Å². The van der Waals surface area contributed by atoms with Crippen molar-refractivity contribution < 1.29 is 5.11 Å². The van der Waals surface area contributed by atoms with Crippen molar-refractivity contribution in [3.8, 4) is 0 Å². The summed E-state index contributed by atoms with van der Waals surface area (Å²) in [6.45, 7) is 8.68. The Labute approximate surface area is 133 Å². The zero-order valence-electron chi connectivity index (χ0n) is 12.4. The summed E-state index contributed by atoms with van der Waals surface area (Å²) in [7, 11) is 0. The summed E-state index contributed by atoms with van der Waals surface area (Å²) in [6.07, 6.45) is 2.80. The van der Waals surface area contributed by atoms with Gasteiger partial charge in [0.05, 0.1) is 5.60 Å². The molecule has 1 aliphatic rings. The Balaban J connectivity index is 0.00000180. The van der Waals surface area contributed by atoms with E-state index in [2.05, 4.69) is 28.6 Å². The Kier molecular flexibility index (Phi) is 7.25. The molecule has 1 aromatic rings. The molecule has 116 valence electrons. The van der Waals surface area contributed by atoms with Gasteiger partial charge in [-0.05, 0) is 45.2 Å². The highest BCUT2D eigenvalue weighted by molar-refractivity contribution is 5.85. The summed E-state index contributed by atoms with van der Waals surface area (Å²) in [5.41, 5.74) is 1.67. The van der Waals surface area contributed by atoms with Crippen molar-refractivity contribution in [3.05, 3.63) is 23.4 Å². The zero-order chi connectivity index (χ0) is 13.3. The molecule has 6 heteroatoms. The molecule has 0 spiro atoms. The summed E-state index contributed by atoms with van der Waals surface area (Å²) in [4.78, 5) is 4.43. The first-order valence-corrected chi connectivity index (χ1v) is 6.52. The number of anilines is 1. The van der Waals surface area contributed by atoms with E-state index in [1.165, 1.54) is 11.1 Å². The first-order valence-electron chi connectivity index (χ1n) is 6.52. The van der Waals surface area contributed by atoms with Crippen LogP contribution < -0.4 is 10.6 Å². The molecule has 20 heavy (non-hydrogen) atoms. The van der Waals surface area contributed by atoms with Gasteiger partial charge in [-0.1, -0.05) is 6.07 Å². The molecule has 2 rings (SSSR count). The van der Waals surface area contributed by atoms with E-state index in [-0.39, 0.29) is 30.9 Å². The predicted octanol–water partition coefficient (Wildman–Crippen LogP) is 2.46. The maximum Gasteiger partial charge on any atom is 0.129 e. The van der Waals surface area contributed by atoms with Gasteiger partial charge < -0.3 is 15.7 Å². The lowest BCUT2D eigenvalue weighted by atomic mass is 9.96. The van der Waals surface area contributed by atoms with E-state index in [1.807, 2.05) is 27.0 Å². The lowest BCUT2D eigenvalue weighted by molar-refractivity contribution is 0.0446. The molecular formula is C14H25Cl2N3O. The Hall–Kier alpha value is -0.550. The second-order valence-corrected chi connectivity index (χ2v) is 5.87. The number of aryl methyl sites for hydroxylation is 2. The third kappa shape index (κ3) is 4.77. The summed E-state index contributed by atoms with van der Waals surface area (Å²) in [5, 5.41) is 16.8. The van der Waals surface area contributed by atoms with Crippen LogP contribution in [-0.4, -0.2) is 34.3 Å². The molecule has 0 radical (unpaired) electrons. The van der Waals surface area contributed by atoms with Crippen molar-refractivity contribution in [2.45, 2.75) is 51.8 Å². The number of hydrogen-bond acceptors (Lipinski definition) is 4. The normalized spacial score (nSPS) is 21.9. The molecule has 0 aliphatic carbocycles. The number of nitrogens with zero attached hydrogens (tertiary/aromatic N) is 1. The molecule has 3 N–H and O–H groups in total. The smallest absolute Gasteiger partial charge is 0.129 e. The fraction of sp³-hybridized carbons (Fsp3) is 0.643. The van der Waals surface area contributed by atoms with E-state index in [0.29, 0.717) is 6.04 Å². The van der Waals surface area contributed by atoms with Crippen LogP contribution in [0.25, 0.3) is 0 Å². The fourth-order valence-corrected chi connectivity index (χ4v) is 2.44. The largest absolute Gasteiger partial charge is 0.389 e. The second-order valence-electron chi connectivity index (χ2n) is 5.87. The van der Waals surface area contributed by atoms with Crippen LogP contribution in [0.2, 0.25) is 0 Å². The van der Waals surface area contributed by atoms with Crippen molar-refractivity contribution >= 4 is 30.6 Å². The molecule has 4 nitrogen and oxygen atoms in total. The molecule has 0 unspecified atom stereocenters. The minimum Gasteiger partial charge on any atom is -0.389 e. The molecule has 0 bridgehead atoms. The molecule has 2 atom stereocenters. The molecule has 0 saturated carbocycles. The molecule has 0 amide bonds. The molecule has 1 aromatic heterocycles. The minimum absolute atomic E-state index is 0. The van der Waals surface area contributed by atoms with Crippen LogP contribution in [0.5, 0.6) is 0 Å². The van der Waals surface area contributed by atoms with E-state index in [4.69, 9.17) is 0 Å². The second kappa shape index (κ2) is 7.46. The van der Waals surface area contributed by atoms with Gasteiger partial charge in [0.1, 0.15) is 5.82 Å². The van der Waals surface area contributed by atoms with Gasteiger partial charge in [0.15, 0.2) is 0 Å². The molecular weight excluding hydrogens is 297 g/mol. The number of nitrogens with one attached hydrogen (secondary N) is 2. The minimum atomic E-state index is -0.674. The van der Waals surface area contributed by atoms with Crippen molar-refractivity contribution in [2.75, 3.05) is 11.9 Å². The standard InChI is InChI=1S/C14H23N3O.2ClH/c1-9-5-10(2)13(16-7-9)17-11-6-12(15-8-11)14(3,4)18;;/h5,7,11-12,15,18H,6,8H2,1-4H3,(H,16,17);2*1H/t11-,12-;;/m0../s1. The van der Waals surface area contributed by atoms with Crippen LogP contribution in [0.3, 0.4) is 0 Å². The number of pyridine rings is 1. The summed E-state index contributed by atoms with van der Waals surface area (Å²) < 4.78 is 0. The Morgan fingerprint density at radius 3 is 2.50 bits per heavy atom. The van der Waals surface area contributed by atoms with Gasteiger partial charge in [0.25, 0.3) is 0 Å². The van der Waals surface area contributed by atoms with Gasteiger partial charge in [-0.25, -0.2) is 4.98 Å². The third-order valence-corrected chi connectivity index (χ3v) is 3.54. The SMILES string of the molecule is Cc1cnc(N[C@@H]2CN[C@H](C(C)(C)O)C2)c(C)c1.Cl.Cl. The lowest BCUT2D eigenvalue weighted by Crippen LogP contribution is -2.42. The van der Waals surface area contributed by atoms with Gasteiger partial charge in [-0.3, -0.25) is 0 Å². The van der Waals surface area contributed by atoms with Crippen LogP contribution in [-0.2, 0) is 0 Å². The van der Waals surface area contributed by atoms with E-state index in [9.17, 15) is 5.11 Å². The maximum atomic E-state index is 9.99. The highest BCUT2D eigenvalue weighted by Crippen LogP contribution is 2.22. The van der Waals surface area contributed by atoms with Crippen LogP contribution in [0.15, 0.2) is 12.3 Å². The van der Waals surface area contributed by atoms with Crippen molar-refractivity contribution in [3.63, 3.8) is 0 Å². The van der Waals surface area contributed by atoms with E-state index < -0.39 is 5.60 Å². The highest BCUT2D eigenvalue weighted by atomic mass is 35.5. The number of halogens is 2. The fourth-order valence-electron chi connectivity index (χ4n) is 2.44. The number of hydrogen-bond donors (Lipinski definition) is 3. The van der Waals surface area contributed by atoms with Gasteiger partial charge in [-0.15, -0.1) is 24.8 Å². The summed E-state index contributed by atoms with van der Waals surface area (Å²) in [5.74, 6) is 0.948. The first kappa shape index (κ1) is 19.4. The number of rotatable bonds is 3.